The molecule has 2 aliphatic heterocycles. The molecule has 0 bridgehead atoms. The molecule has 2 fully saturated rings. The first-order valence-corrected chi connectivity index (χ1v) is 12.2. The van der Waals surface area contributed by atoms with Crippen molar-refractivity contribution in [3.8, 4) is 11.9 Å². The van der Waals surface area contributed by atoms with E-state index in [4.69, 9.17) is 16.3 Å². The summed E-state index contributed by atoms with van der Waals surface area (Å²) in [6.45, 7) is 2.89. The number of pyridine rings is 1. The van der Waals surface area contributed by atoms with E-state index >= 15 is 0 Å². The summed E-state index contributed by atoms with van der Waals surface area (Å²) in [6, 6.07) is 8.53. The first kappa shape index (κ1) is 23.0. The molecule has 1 aromatic carbocycles. The fourth-order valence-electron chi connectivity index (χ4n) is 5.42. The summed E-state index contributed by atoms with van der Waals surface area (Å²) >= 11 is 6.31. The average Bonchev–Trinajstić information content (AvgIpc) is 3.58. The van der Waals surface area contributed by atoms with E-state index in [0.29, 0.717) is 44.2 Å². The van der Waals surface area contributed by atoms with Crippen LogP contribution < -0.4 is 0 Å². The second kappa shape index (κ2) is 9.20. The van der Waals surface area contributed by atoms with Crippen molar-refractivity contribution < 1.29 is 13.9 Å². The quantitative estimate of drug-likeness (QED) is 0.528. The van der Waals surface area contributed by atoms with E-state index in [1.165, 1.54) is 17.1 Å². The lowest BCUT2D eigenvalue weighted by Gasteiger charge is -2.46. The molecule has 3 aliphatic rings. The van der Waals surface area contributed by atoms with Crippen molar-refractivity contribution in [1.82, 2.24) is 35.0 Å². The number of ether oxygens (including phenoxy) is 1. The van der Waals surface area contributed by atoms with Crippen molar-refractivity contribution in [1.29, 1.82) is 5.26 Å². The Bertz CT molecular complexity index is 1360. The smallest absolute Gasteiger partial charge is 0.230 e. The normalized spacial score (nSPS) is 23.7. The zero-order valence-electron chi connectivity index (χ0n) is 19.2. The van der Waals surface area contributed by atoms with Crippen LogP contribution in [0.1, 0.15) is 40.8 Å². The van der Waals surface area contributed by atoms with Gasteiger partial charge in [0.1, 0.15) is 23.8 Å². The van der Waals surface area contributed by atoms with Crippen LogP contribution in [-0.4, -0.2) is 79.7 Å². The largest absolute Gasteiger partial charge is 0.370 e. The molecule has 1 aliphatic carbocycles. The van der Waals surface area contributed by atoms with Crippen LogP contribution in [0.5, 0.6) is 0 Å². The Morgan fingerprint density at radius 2 is 2.06 bits per heavy atom. The molecule has 0 N–H and O–H groups in total. The van der Waals surface area contributed by atoms with Crippen molar-refractivity contribution in [2.75, 3.05) is 32.8 Å². The minimum Gasteiger partial charge on any atom is -0.370 e. The number of aryl methyl sites for hydroxylation is 1. The van der Waals surface area contributed by atoms with Gasteiger partial charge in [0.25, 0.3) is 0 Å². The summed E-state index contributed by atoms with van der Waals surface area (Å²) in [5.74, 6) is -0.0886. The Labute approximate surface area is 211 Å². The Morgan fingerprint density at radius 1 is 1.19 bits per heavy atom. The first-order valence-electron chi connectivity index (χ1n) is 11.8. The number of amides is 1. The molecule has 12 heteroatoms. The molecule has 1 amide bonds. The van der Waals surface area contributed by atoms with Gasteiger partial charge in [0.2, 0.25) is 5.91 Å². The molecule has 1 unspecified atom stereocenters. The second-order valence-electron chi connectivity index (χ2n) is 9.24. The molecule has 6 rings (SSSR count). The highest BCUT2D eigenvalue weighted by molar-refractivity contribution is 6.32. The average molecular weight is 509 g/mol. The van der Waals surface area contributed by atoms with E-state index in [-0.39, 0.29) is 34.6 Å². The predicted molar refractivity (Wildman–Crippen MR) is 125 cm³/mol. The Kier molecular flexibility index (Phi) is 5.87. The minimum absolute atomic E-state index is 0.0646. The number of aromatic nitrogens is 5. The van der Waals surface area contributed by atoms with Crippen LogP contribution in [0.15, 0.2) is 30.6 Å². The molecule has 0 saturated carbocycles. The molecule has 184 valence electrons. The third-order valence-electron chi connectivity index (χ3n) is 7.31. The molecule has 4 heterocycles. The number of hydrogen-bond acceptors (Lipinski definition) is 8. The van der Waals surface area contributed by atoms with Gasteiger partial charge in [-0.1, -0.05) is 23.7 Å². The molecule has 0 spiro atoms. The van der Waals surface area contributed by atoms with Crippen molar-refractivity contribution in [2.45, 2.75) is 30.9 Å². The van der Waals surface area contributed by atoms with Gasteiger partial charge >= 0.3 is 0 Å². The molecule has 2 saturated heterocycles. The van der Waals surface area contributed by atoms with E-state index in [2.05, 4.69) is 25.4 Å². The SMILES string of the molecule is N#Cc1c(F)ccc([C@@H]2CN3CCN(C(=O)C4CCc5nc(-n6cnnn6)ccc54)C[C@@H]3CO2)c1Cl. The predicted octanol–water partition coefficient (Wildman–Crippen LogP) is 2.04. The van der Waals surface area contributed by atoms with Gasteiger partial charge < -0.3 is 9.64 Å². The zero-order chi connectivity index (χ0) is 24.8. The fourth-order valence-corrected chi connectivity index (χ4v) is 5.73. The van der Waals surface area contributed by atoms with Gasteiger partial charge in [-0.3, -0.25) is 9.69 Å². The molecule has 3 aromatic rings. The fraction of sp³-hybridized carbons (Fsp3) is 0.417. The van der Waals surface area contributed by atoms with E-state index < -0.39 is 5.82 Å². The Hall–Kier alpha value is -3.46. The van der Waals surface area contributed by atoms with E-state index in [1.807, 2.05) is 23.1 Å². The molecule has 2 aromatic heterocycles. The maximum atomic E-state index is 13.9. The van der Waals surface area contributed by atoms with Crippen LogP contribution in [0.3, 0.4) is 0 Å². The molecular formula is C24H22ClFN8O2. The monoisotopic (exact) mass is 508 g/mol. The highest BCUT2D eigenvalue weighted by atomic mass is 35.5. The minimum atomic E-state index is -0.637. The number of carbonyl (C=O) groups excluding carboxylic acids is 1. The lowest BCUT2D eigenvalue weighted by molar-refractivity contribution is -0.141. The van der Waals surface area contributed by atoms with Crippen molar-refractivity contribution >= 4 is 17.5 Å². The number of nitriles is 1. The van der Waals surface area contributed by atoms with Gasteiger partial charge in [-0.2, -0.15) is 9.94 Å². The summed E-state index contributed by atoms with van der Waals surface area (Å²) in [5.41, 5.74) is 2.34. The highest BCUT2D eigenvalue weighted by Crippen LogP contribution is 2.36. The number of hydrogen-bond donors (Lipinski definition) is 0. The van der Waals surface area contributed by atoms with Crippen molar-refractivity contribution in [3.05, 3.63) is 63.8 Å². The van der Waals surface area contributed by atoms with Crippen molar-refractivity contribution in [2.24, 2.45) is 0 Å². The highest BCUT2D eigenvalue weighted by Gasteiger charge is 2.39. The van der Waals surface area contributed by atoms with Crippen LogP contribution in [0.25, 0.3) is 5.82 Å². The van der Waals surface area contributed by atoms with Gasteiger partial charge in [0.05, 0.1) is 29.7 Å². The number of nitrogens with zero attached hydrogens (tertiary/aromatic N) is 8. The molecule has 10 nitrogen and oxygen atoms in total. The number of halogens is 2. The van der Waals surface area contributed by atoms with E-state index in [9.17, 15) is 14.4 Å². The summed E-state index contributed by atoms with van der Waals surface area (Å²) < 4.78 is 21.5. The maximum Gasteiger partial charge on any atom is 0.230 e. The molecule has 36 heavy (non-hydrogen) atoms. The third kappa shape index (κ3) is 3.91. The standard InChI is InChI=1S/C24H22ClFN8O2/c25-23-17(1-4-19(26)18(23)9-27)21-11-32-7-8-33(10-14(32)12-36-21)24(35)16-2-5-20-15(16)3-6-22(29-20)34-13-28-30-31-34/h1,3-4,6,13-14,16,21H,2,5,7-8,10-12H2/t14-,16?,21+/m1/s1. The first-order chi connectivity index (χ1) is 17.5. The lowest BCUT2D eigenvalue weighted by atomic mass is 9.98. The summed E-state index contributed by atoms with van der Waals surface area (Å²) in [7, 11) is 0. The Morgan fingerprint density at radius 3 is 2.86 bits per heavy atom. The van der Waals surface area contributed by atoms with Crippen LogP contribution in [0.4, 0.5) is 4.39 Å². The molecular weight excluding hydrogens is 487 g/mol. The number of fused-ring (bicyclic) bond motifs is 2. The number of piperazine rings is 1. The number of morpholine rings is 1. The van der Waals surface area contributed by atoms with Gasteiger partial charge in [0, 0.05) is 37.4 Å². The van der Waals surface area contributed by atoms with Gasteiger partial charge in [-0.25, -0.2) is 9.37 Å². The van der Waals surface area contributed by atoms with Gasteiger partial charge in [0.15, 0.2) is 5.82 Å². The van der Waals surface area contributed by atoms with Crippen LogP contribution >= 0.6 is 11.6 Å². The second-order valence-corrected chi connectivity index (χ2v) is 9.62. The Balaban J connectivity index is 1.12. The number of benzene rings is 1. The topological polar surface area (TPSA) is 113 Å². The van der Waals surface area contributed by atoms with Crippen molar-refractivity contribution in [3.63, 3.8) is 0 Å². The maximum absolute atomic E-state index is 13.9. The number of rotatable bonds is 3. The van der Waals surface area contributed by atoms with Crippen LogP contribution in [0, 0.1) is 17.1 Å². The van der Waals surface area contributed by atoms with Crippen LogP contribution in [0.2, 0.25) is 5.02 Å². The van der Waals surface area contributed by atoms with Gasteiger partial charge in [-0.05, 0) is 41.0 Å². The number of carbonyl (C=O) groups is 1. The zero-order valence-corrected chi connectivity index (χ0v) is 20.0. The van der Waals surface area contributed by atoms with E-state index in [0.717, 1.165) is 24.1 Å². The summed E-state index contributed by atoms with van der Waals surface area (Å²) in [5, 5.41) is 20.5. The van der Waals surface area contributed by atoms with E-state index in [1.54, 1.807) is 6.07 Å². The third-order valence-corrected chi connectivity index (χ3v) is 7.72. The summed E-state index contributed by atoms with van der Waals surface area (Å²) in [6.07, 6.45) is 2.60. The van der Waals surface area contributed by atoms with Gasteiger partial charge in [-0.15, -0.1) is 5.10 Å². The summed E-state index contributed by atoms with van der Waals surface area (Å²) in [4.78, 5) is 22.4. The number of tetrazole rings is 1. The lowest BCUT2D eigenvalue weighted by Crippen LogP contribution is -2.60. The molecule has 0 radical (unpaired) electrons. The molecule has 3 atom stereocenters. The van der Waals surface area contributed by atoms with Crippen LogP contribution in [-0.2, 0) is 16.0 Å².